The Balaban J connectivity index is 0.00000256. The number of nitrogens with zero attached hydrogens (tertiary/aromatic N) is 3. The van der Waals surface area contributed by atoms with Gasteiger partial charge in [-0.15, -0.1) is 12.4 Å². The molecule has 30 heavy (non-hydrogen) atoms. The van der Waals surface area contributed by atoms with Crippen molar-refractivity contribution in [3.8, 4) is 11.5 Å². The second-order valence-electron chi connectivity index (χ2n) is 7.25. The number of rotatable bonds is 6. The summed E-state index contributed by atoms with van der Waals surface area (Å²) in [6.07, 6.45) is 0.257. The fourth-order valence-corrected chi connectivity index (χ4v) is 4.51. The SMILES string of the molecule is Cc1ccc(Cl)c2sc(N(CCN(C)C)C(=O)Cc3ccc4c(c3)OCO4)nc12.Cl. The van der Waals surface area contributed by atoms with Crippen LogP contribution >= 0.6 is 35.3 Å². The van der Waals surface area contributed by atoms with Crippen molar-refractivity contribution in [3.63, 3.8) is 0 Å². The van der Waals surface area contributed by atoms with E-state index in [1.54, 1.807) is 4.90 Å². The van der Waals surface area contributed by atoms with Crippen molar-refractivity contribution in [1.29, 1.82) is 0 Å². The van der Waals surface area contributed by atoms with E-state index in [-0.39, 0.29) is 31.5 Å². The van der Waals surface area contributed by atoms with E-state index in [0.29, 0.717) is 28.2 Å². The molecule has 0 atom stereocenters. The molecule has 0 saturated heterocycles. The summed E-state index contributed by atoms with van der Waals surface area (Å²) < 4.78 is 11.7. The van der Waals surface area contributed by atoms with Crippen molar-refractivity contribution in [1.82, 2.24) is 9.88 Å². The Kier molecular flexibility index (Phi) is 7.08. The largest absolute Gasteiger partial charge is 0.454 e. The molecule has 6 nitrogen and oxygen atoms in total. The molecule has 0 N–H and O–H groups in total. The van der Waals surface area contributed by atoms with E-state index in [1.807, 2.05) is 56.3 Å². The third-order valence-corrected chi connectivity index (χ3v) is 6.32. The van der Waals surface area contributed by atoms with Gasteiger partial charge in [-0.25, -0.2) is 4.98 Å². The molecule has 0 saturated carbocycles. The topological polar surface area (TPSA) is 54.9 Å². The lowest BCUT2D eigenvalue weighted by molar-refractivity contribution is -0.118. The first-order valence-corrected chi connectivity index (χ1v) is 10.5. The van der Waals surface area contributed by atoms with Crippen LogP contribution in [0.1, 0.15) is 11.1 Å². The van der Waals surface area contributed by atoms with Crippen LogP contribution in [0.25, 0.3) is 10.2 Å². The number of anilines is 1. The Hall–Kier alpha value is -2.06. The lowest BCUT2D eigenvalue weighted by atomic mass is 10.1. The summed E-state index contributed by atoms with van der Waals surface area (Å²) >= 11 is 7.83. The van der Waals surface area contributed by atoms with Crippen LogP contribution in [0.15, 0.2) is 30.3 Å². The first-order valence-electron chi connectivity index (χ1n) is 9.31. The molecule has 0 spiro atoms. The molecular weight excluding hydrogens is 445 g/mol. The van der Waals surface area contributed by atoms with Gasteiger partial charge in [0.15, 0.2) is 16.6 Å². The lowest BCUT2D eigenvalue weighted by Crippen LogP contribution is -2.37. The van der Waals surface area contributed by atoms with Gasteiger partial charge in [0.1, 0.15) is 0 Å². The van der Waals surface area contributed by atoms with Crippen molar-refractivity contribution < 1.29 is 14.3 Å². The maximum Gasteiger partial charge on any atom is 0.233 e. The number of hydrogen-bond acceptors (Lipinski definition) is 6. The van der Waals surface area contributed by atoms with Crippen LogP contribution in [0.2, 0.25) is 5.02 Å². The highest BCUT2D eigenvalue weighted by Crippen LogP contribution is 2.36. The fraction of sp³-hybridized carbons (Fsp3) is 0.333. The van der Waals surface area contributed by atoms with Crippen LogP contribution in [0.4, 0.5) is 5.13 Å². The number of fused-ring (bicyclic) bond motifs is 2. The highest BCUT2D eigenvalue weighted by atomic mass is 35.5. The van der Waals surface area contributed by atoms with Crippen molar-refractivity contribution in [3.05, 3.63) is 46.5 Å². The molecule has 0 unspecified atom stereocenters. The summed E-state index contributed by atoms with van der Waals surface area (Å²) in [7, 11) is 3.97. The maximum absolute atomic E-state index is 13.2. The number of aromatic nitrogens is 1. The number of hydrogen-bond donors (Lipinski definition) is 0. The summed E-state index contributed by atoms with van der Waals surface area (Å²) in [5.74, 6) is 1.37. The Morgan fingerprint density at radius 1 is 1.17 bits per heavy atom. The first-order chi connectivity index (χ1) is 13.9. The lowest BCUT2D eigenvalue weighted by Gasteiger charge is -2.22. The number of aryl methyl sites for hydroxylation is 1. The third-order valence-electron chi connectivity index (χ3n) is 4.78. The number of thiazole rings is 1. The number of benzene rings is 2. The second kappa shape index (κ2) is 9.39. The van der Waals surface area contributed by atoms with Crippen LogP contribution < -0.4 is 14.4 Å². The van der Waals surface area contributed by atoms with E-state index in [4.69, 9.17) is 26.1 Å². The van der Waals surface area contributed by atoms with Crippen molar-refractivity contribution >= 4 is 56.6 Å². The summed E-state index contributed by atoms with van der Waals surface area (Å²) in [5, 5.41) is 1.33. The van der Waals surface area contributed by atoms with Crippen molar-refractivity contribution in [2.75, 3.05) is 38.9 Å². The van der Waals surface area contributed by atoms with Gasteiger partial charge in [0.05, 0.1) is 21.7 Å². The van der Waals surface area contributed by atoms with Gasteiger partial charge in [-0.3, -0.25) is 9.69 Å². The van der Waals surface area contributed by atoms with Gasteiger partial charge in [0.2, 0.25) is 12.7 Å². The van der Waals surface area contributed by atoms with E-state index < -0.39 is 0 Å². The third kappa shape index (κ3) is 4.64. The number of halogens is 2. The smallest absolute Gasteiger partial charge is 0.233 e. The number of likely N-dealkylation sites (N-methyl/N-ethyl adjacent to an activating group) is 1. The zero-order chi connectivity index (χ0) is 20.5. The normalized spacial score (nSPS) is 12.3. The highest BCUT2D eigenvalue weighted by Gasteiger charge is 2.22. The van der Waals surface area contributed by atoms with Gasteiger partial charge in [-0.2, -0.15) is 0 Å². The number of carbonyl (C=O) groups is 1. The molecule has 2 heterocycles. The molecule has 9 heteroatoms. The Morgan fingerprint density at radius 3 is 2.67 bits per heavy atom. The molecule has 3 aromatic rings. The maximum atomic E-state index is 13.2. The van der Waals surface area contributed by atoms with Crippen LogP contribution in [0, 0.1) is 6.92 Å². The Bertz CT molecular complexity index is 1030. The van der Waals surface area contributed by atoms with Gasteiger partial charge >= 0.3 is 0 Å². The first kappa shape index (κ1) is 22.6. The molecule has 1 aliphatic rings. The number of ether oxygens (including phenoxy) is 2. The molecule has 0 aliphatic carbocycles. The zero-order valence-electron chi connectivity index (χ0n) is 17.0. The average molecular weight is 468 g/mol. The molecule has 4 rings (SSSR count). The predicted molar refractivity (Wildman–Crippen MR) is 124 cm³/mol. The van der Waals surface area contributed by atoms with E-state index >= 15 is 0 Å². The van der Waals surface area contributed by atoms with E-state index in [0.717, 1.165) is 27.9 Å². The van der Waals surface area contributed by atoms with E-state index in [2.05, 4.69) is 0 Å². The predicted octanol–water partition coefficient (Wildman–Crippen LogP) is 4.55. The van der Waals surface area contributed by atoms with Crippen molar-refractivity contribution in [2.45, 2.75) is 13.3 Å². The monoisotopic (exact) mass is 467 g/mol. The zero-order valence-corrected chi connectivity index (χ0v) is 19.4. The quantitative estimate of drug-likeness (QED) is 0.532. The summed E-state index contributed by atoms with van der Waals surface area (Å²) in [5.41, 5.74) is 2.77. The highest BCUT2D eigenvalue weighted by molar-refractivity contribution is 7.23. The fourth-order valence-electron chi connectivity index (χ4n) is 3.15. The second-order valence-corrected chi connectivity index (χ2v) is 8.64. The van der Waals surface area contributed by atoms with Gasteiger partial charge in [0, 0.05) is 13.1 Å². The summed E-state index contributed by atoms with van der Waals surface area (Å²) in [4.78, 5) is 21.8. The number of carbonyl (C=O) groups excluding carboxylic acids is 1. The summed E-state index contributed by atoms with van der Waals surface area (Å²) in [6, 6.07) is 9.43. The van der Waals surface area contributed by atoms with Gasteiger partial charge in [-0.05, 0) is 50.3 Å². The minimum atomic E-state index is -0.0152. The van der Waals surface area contributed by atoms with Crippen LogP contribution in [-0.2, 0) is 11.2 Å². The minimum absolute atomic E-state index is 0. The van der Waals surface area contributed by atoms with Crippen LogP contribution in [0.3, 0.4) is 0 Å². The molecular formula is C21H23Cl2N3O3S. The van der Waals surface area contributed by atoms with Gasteiger partial charge < -0.3 is 14.4 Å². The molecule has 0 radical (unpaired) electrons. The van der Waals surface area contributed by atoms with Crippen molar-refractivity contribution in [2.24, 2.45) is 0 Å². The Morgan fingerprint density at radius 2 is 1.93 bits per heavy atom. The molecule has 0 fully saturated rings. The Labute approximate surface area is 190 Å². The molecule has 0 bridgehead atoms. The standard InChI is InChI=1S/C21H22ClN3O3S.ClH/c1-13-4-6-15(22)20-19(13)23-21(29-20)25(9-8-24(2)3)18(26)11-14-5-7-16-17(10-14)28-12-27-16;/h4-7,10H,8-9,11-12H2,1-3H3;1H. The summed E-state index contributed by atoms with van der Waals surface area (Å²) in [6.45, 7) is 3.50. The van der Waals surface area contributed by atoms with Crippen LogP contribution in [-0.4, -0.2) is 49.8 Å². The molecule has 1 aromatic heterocycles. The average Bonchev–Trinajstić information content (AvgIpc) is 3.32. The van der Waals surface area contributed by atoms with E-state index in [1.165, 1.54) is 11.3 Å². The molecule has 160 valence electrons. The minimum Gasteiger partial charge on any atom is -0.454 e. The molecule has 1 amide bonds. The molecule has 1 aliphatic heterocycles. The number of amides is 1. The molecule has 2 aromatic carbocycles. The van der Waals surface area contributed by atoms with Gasteiger partial charge in [-0.1, -0.05) is 35.1 Å². The van der Waals surface area contributed by atoms with Gasteiger partial charge in [0.25, 0.3) is 0 Å². The van der Waals surface area contributed by atoms with E-state index in [9.17, 15) is 4.79 Å². The van der Waals surface area contributed by atoms with Crippen LogP contribution in [0.5, 0.6) is 11.5 Å².